The van der Waals surface area contributed by atoms with Crippen LogP contribution >= 0.6 is 0 Å². The number of rotatable bonds is 1. The monoisotopic (exact) mass is 260 g/mol. The van der Waals surface area contributed by atoms with Gasteiger partial charge in [-0.1, -0.05) is 0 Å². The summed E-state index contributed by atoms with van der Waals surface area (Å²) in [4.78, 5) is 8.29. The Morgan fingerprint density at radius 1 is 1.20 bits per heavy atom. The Bertz CT molecular complexity index is 782. The van der Waals surface area contributed by atoms with Gasteiger partial charge < -0.3 is 4.74 Å². The Hall–Kier alpha value is -2.63. The van der Waals surface area contributed by atoms with Crippen molar-refractivity contribution in [3.63, 3.8) is 0 Å². The smallest absolute Gasteiger partial charge is 0.223 e. The first-order valence-electron chi connectivity index (χ1n) is 6.20. The summed E-state index contributed by atoms with van der Waals surface area (Å²) in [5.41, 5.74) is 4.19. The highest BCUT2D eigenvalue weighted by Crippen LogP contribution is 2.34. The molecule has 0 spiro atoms. The first-order chi connectivity index (χ1) is 9.81. The van der Waals surface area contributed by atoms with Crippen molar-refractivity contribution in [2.45, 2.75) is 6.61 Å². The Labute approximate surface area is 116 Å². The summed E-state index contributed by atoms with van der Waals surface area (Å²) in [6, 6.07) is 7.47. The molecule has 3 aromatic heterocycles. The van der Waals surface area contributed by atoms with E-state index >= 15 is 0 Å². The highest BCUT2D eigenvalue weighted by atomic mass is 16.5. The van der Waals surface area contributed by atoms with Crippen LogP contribution in [-0.4, -0.2) is 27.6 Å². The molecule has 0 bridgehead atoms. The molecule has 6 heteroatoms. The van der Waals surface area contributed by atoms with Gasteiger partial charge in [-0.3, -0.25) is 4.98 Å². The van der Waals surface area contributed by atoms with E-state index in [9.17, 15) is 0 Å². The van der Waals surface area contributed by atoms with Crippen molar-refractivity contribution in [3.8, 4) is 22.8 Å². The molecule has 0 unspecified atom stereocenters. The minimum absolute atomic E-state index is 0.474. The molecule has 0 aromatic carbocycles. The zero-order valence-corrected chi connectivity index (χ0v) is 10.5. The van der Waals surface area contributed by atoms with Crippen molar-refractivity contribution in [1.29, 1.82) is 0 Å². The second-order valence-corrected chi connectivity index (χ2v) is 4.53. The Balaban J connectivity index is 1.84. The molecule has 0 amide bonds. The fraction of sp³-hybridized carbons (Fsp3) is 0.0714. The molecular formula is C14H9BN4O. The summed E-state index contributed by atoms with van der Waals surface area (Å²) < 4.78 is 7.40. The van der Waals surface area contributed by atoms with E-state index in [1.165, 1.54) is 0 Å². The van der Waals surface area contributed by atoms with Gasteiger partial charge in [0.2, 0.25) is 5.88 Å². The SMILES string of the molecule is [B]c1ccc(-n2cc3c(n2)-c2cccnc2OC3)cn1. The number of pyridine rings is 2. The topological polar surface area (TPSA) is 52.8 Å². The molecule has 4 rings (SSSR count). The maximum Gasteiger partial charge on any atom is 0.223 e. The standard InChI is InChI=1S/C14H9BN4O/c15-12-4-3-10(6-17-12)19-7-9-8-20-14-11(13(9)18-19)2-1-5-16-14/h1-7H,8H2. The highest BCUT2D eigenvalue weighted by Gasteiger charge is 2.21. The van der Waals surface area contributed by atoms with Crippen molar-refractivity contribution in [1.82, 2.24) is 19.7 Å². The molecule has 4 heterocycles. The maximum atomic E-state index is 5.62. The summed E-state index contributed by atoms with van der Waals surface area (Å²) in [5, 5.41) is 4.61. The van der Waals surface area contributed by atoms with Gasteiger partial charge in [-0.05, 0) is 29.9 Å². The van der Waals surface area contributed by atoms with E-state index in [-0.39, 0.29) is 0 Å². The third kappa shape index (κ3) is 1.69. The lowest BCUT2D eigenvalue weighted by molar-refractivity contribution is 0.290. The molecule has 2 radical (unpaired) electrons. The molecule has 0 atom stereocenters. The predicted octanol–water partition coefficient (Wildman–Crippen LogP) is 1.02. The van der Waals surface area contributed by atoms with Gasteiger partial charge in [0.1, 0.15) is 20.1 Å². The van der Waals surface area contributed by atoms with Crippen LogP contribution in [0.3, 0.4) is 0 Å². The van der Waals surface area contributed by atoms with Gasteiger partial charge in [0.05, 0.1) is 17.4 Å². The van der Waals surface area contributed by atoms with Crippen molar-refractivity contribution >= 4 is 13.4 Å². The van der Waals surface area contributed by atoms with Gasteiger partial charge in [-0.25, -0.2) is 9.67 Å². The fourth-order valence-electron chi connectivity index (χ4n) is 2.24. The second kappa shape index (κ2) is 4.20. The van der Waals surface area contributed by atoms with Crippen LogP contribution in [0.4, 0.5) is 0 Å². The average molecular weight is 260 g/mol. The molecule has 1 aliphatic heterocycles. The fourth-order valence-corrected chi connectivity index (χ4v) is 2.24. The number of aromatic nitrogens is 4. The quantitative estimate of drug-likeness (QED) is 0.613. The van der Waals surface area contributed by atoms with E-state index in [0.29, 0.717) is 18.1 Å². The molecule has 0 N–H and O–H groups in total. The number of ether oxygens (including phenoxy) is 1. The van der Waals surface area contributed by atoms with Crippen molar-refractivity contribution in [2.24, 2.45) is 0 Å². The molecule has 20 heavy (non-hydrogen) atoms. The van der Waals surface area contributed by atoms with E-state index in [1.54, 1.807) is 23.1 Å². The zero-order valence-electron chi connectivity index (χ0n) is 10.5. The predicted molar refractivity (Wildman–Crippen MR) is 74.3 cm³/mol. The summed E-state index contributed by atoms with van der Waals surface area (Å²) >= 11 is 0. The first kappa shape index (κ1) is 11.2. The number of fused-ring (bicyclic) bond motifs is 3. The third-order valence-electron chi connectivity index (χ3n) is 3.22. The van der Waals surface area contributed by atoms with Crippen LogP contribution in [-0.2, 0) is 6.61 Å². The number of hydrogen-bond donors (Lipinski definition) is 0. The third-order valence-corrected chi connectivity index (χ3v) is 3.22. The summed E-state index contributed by atoms with van der Waals surface area (Å²) in [7, 11) is 5.60. The average Bonchev–Trinajstić information content (AvgIpc) is 2.92. The lowest BCUT2D eigenvalue weighted by Crippen LogP contribution is -2.08. The molecule has 0 saturated carbocycles. The van der Waals surface area contributed by atoms with Crippen LogP contribution in [0.15, 0.2) is 42.9 Å². The van der Waals surface area contributed by atoms with Crippen LogP contribution < -0.4 is 10.3 Å². The minimum atomic E-state index is 0.474. The molecular weight excluding hydrogens is 251 g/mol. The zero-order chi connectivity index (χ0) is 13.5. The summed E-state index contributed by atoms with van der Waals surface area (Å²) in [6.07, 6.45) is 5.35. The highest BCUT2D eigenvalue weighted by molar-refractivity contribution is 6.30. The largest absolute Gasteiger partial charge is 0.472 e. The van der Waals surface area contributed by atoms with Crippen LogP contribution in [0.5, 0.6) is 5.88 Å². The lowest BCUT2D eigenvalue weighted by Gasteiger charge is -2.14. The first-order valence-corrected chi connectivity index (χ1v) is 6.20. The van der Waals surface area contributed by atoms with E-state index in [4.69, 9.17) is 12.6 Å². The maximum absolute atomic E-state index is 5.62. The van der Waals surface area contributed by atoms with Crippen LogP contribution in [0.25, 0.3) is 16.9 Å². The second-order valence-electron chi connectivity index (χ2n) is 4.53. The summed E-state index contributed by atoms with van der Waals surface area (Å²) in [6.45, 7) is 0.474. The van der Waals surface area contributed by atoms with Gasteiger partial charge >= 0.3 is 0 Å². The molecule has 0 aliphatic carbocycles. The van der Waals surface area contributed by atoms with Gasteiger partial charge in [0.15, 0.2) is 0 Å². The van der Waals surface area contributed by atoms with Gasteiger partial charge in [0, 0.05) is 18.0 Å². The van der Waals surface area contributed by atoms with Crippen molar-refractivity contribution < 1.29 is 4.74 Å². The number of nitrogens with zero attached hydrogens (tertiary/aromatic N) is 4. The van der Waals surface area contributed by atoms with E-state index < -0.39 is 0 Å². The van der Waals surface area contributed by atoms with Gasteiger partial charge in [0.25, 0.3) is 0 Å². The van der Waals surface area contributed by atoms with Gasteiger partial charge in [-0.2, -0.15) is 5.10 Å². The summed E-state index contributed by atoms with van der Waals surface area (Å²) in [5.74, 6) is 0.626. The molecule has 0 saturated heterocycles. The Morgan fingerprint density at radius 3 is 3.00 bits per heavy atom. The normalized spacial score (nSPS) is 12.4. The van der Waals surface area contributed by atoms with Crippen molar-refractivity contribution in [2.75, 3.05) is 0 Å². The van der Waals surface area contributed by atoms with E-state index in [1.807, 2.05) is 24.4 Å². The van der Waals surface area contributed by atoms with Crippen molar-refractivity contribution in [3.05, 3.63) is 48.4 Å². The Kier molecular flexibility index (Phi) is 2.35. The minimum Gasteiger partial charge on any atom is -0.472 e. The van der Waals surface area contributed by atoms with E-state index in [2.05, 4.69) is 15.1 Å². The van der Waals surface area contributed by atoms with Crippen LogP contribution in [0.1, 0.15) is 5.56 Å². The van der Waals surface area contributed by atoms with Crippen LogP contribution in [0, 0.1) is 0 Å². The van der Waals surface area contributed by atoms with Crippen LogP contribution in [0.2, 0.25) is 0 Å². The Morgan fingerprint density at radius 2 is 2.15 bits per heavy atom. The molecule has 0 fully saturated rings. The number of hydrogen-bond acceptors (Lipinski definition) is 4. The molecule has 3 aromatic rings. The van der Waals surface area contributed by atoms with Gasteiger partial charge in [-0.15, -0.1) is 0 Å². The lowest BCUT2D eigenvalue weighted by atomic mass is 10.0. The van der Waals surface area contributed by atoms with E-state index in [0.717, 1.165) is 22.5 Å². The molecule has 5 nitrogen and oxygen atoms in total. The molecule has 1 aliphatic rings. The molecule has 94 valence electrons.